The first kappa shape index (κ1) is 19.2. The van der Waals surface area contributed by atoms with Gasteiger partial charge in [-0.2, -0.15) is 0 Å². The summed E-state index contributed by atoms with van der Waals surface area (Å²) in [5.41, 5.74) is 0.478. The van der Waals surface area contributed by atoms with Crippen molar-refractivity contribution in [2.45, 2.75) is 0 Å². The number of rotatable bonds is 6. The van der Waals surface area contributed by atoms with E-state index in [1.165, 1.54) is 29.4 Å². The number of nitrogens with one attached hydrogen (secondary N) is 2. The number of hydrogen-bond donors (Lipinski definition) is 2. The molecule has 9 heteroatoms. The van der Waals surface area contributed by atoms with Gasteiger partial charge in [-0.25, -0.2) is 0 Å². The van der Waals surface area contributed by atoms with Crippen LogP contribution >= 0.6 is 34.5 Å². The number of carbonyl (C=O) groups is 3. The third kappa shape index (κ3) is 5.74. The van der Waals surface area contributed by atoms with Gasteiger partial charge in [0.2, 0.25) is 11.8 Å². The van der Waals surface area contributed by atoms with Gasteiger partial charge in [-0.1, -0.05) is 29.3 Å². The number of benzene rings is 1. The van der Waals surface area contributed by atoms with Crippen LogP contribution in [0.4, 0.5) is 5.69 Å². The van der Waals surface area contributed by atoms with Gasteiger partial charge in [0, 0.05) is 12.7 Å². The maximum absolute atomic E-state index is 12.0. The molecule has 25 heavy (non-hydrogen) atoms. The van der Waals surface area contributed by atoms with E-state index in [0.29, 0.717) is 20.6 Å². The molecule has 0 fully saturated rings. The molecule has 0 bridgehead atoms. The van der Waals surface area contributed by atoms with Crippen molar-refractivity contribution in [1.29, 1.82) is 0 Å². The fraction of sp³-hybridized carbons (Fsp3) is 0.188. The Balaban J connectivity index is 1.80. The van der Waals surface area contributed by atoms with Gasteiger partial charge in [0.1, 0.15) is 0 Å². The lowest BCUT2D eigenvalue weighted by Crippen LogP contribution is -2.41. The molecule has 0 saturated carbocycles. The third-order valence-corrected chi connectivity index (χ3v) is 4.76. The Morgan fingerprint density at radius 3 is 2.56 bits per heavy atom. The molecule has 2 N–H and O–H groups in total. The monoisotopic (exact) mass is 399 g/mol. The zero-order valence-corrected chi connectivity index (χ0v) is 15.5. The zero-order valence-electron chi connectivity index (χ0n) is 13.2. The van der Waals surface area contributed by atoms with E-state index in [2.05, 4.69) is 10.6 Å². The van der Waals surface area contributed by atoms with E-state index in [-0.39, 0.29) is 30.8 Å². The van der Waals surface area contributed by atoms with Crippen LogP contribution in [0.2, 0.25) is 10.0 Å². The summed E-state index contributed by atoms with van der Waals surface area (Å²) in [5, 5.41) is 7.62. The number of thiophene rings is 1. The number of hydrogen-bond acceptors (Lipinski definition) is 4. The molecular weight excluding hydrogens is 385 g/mol. The smallest absolute Gasteiger partial charge is 0.261 e. The summed E-state index contributed by atoms with van der Waals surface area (Å²) < 4.78 is 0. The molecule has 0 aliphatic rings. The van der Waals surface area contributed by atoms with E-state index in [9.17, 15) is 14.4 Å². The first-order valence-corrected chi connectivity index (χ1v) is 8.81. The number of anilines is 1. The molecule has 3 amide bonds. The van der Waals surface area contributed by atoms with Crippen LogP contribution in [-0.2, 0) is 9.59 Å². The summed E-state index contributed by atoms with van der Waals surface area (Å²) in [5.74, 6) is -1.09. The summed E-state index contributed by atoms with van der Waals surface area (Å²) in [6.45, 7) is -0.346. The van der Waals surface area contributed by atoms with Gasteiger partial charge in [0.25, 0.3) is 5.91 Å². The highest BCUT2D eigenvalue weighted by Crippen LogP contribution is 2.24. The Bertz CT molecular complexity index is 781. The van der Waals surface area contributed by atoms with Crippen molar-refractivity contribution in [2.75, 3.05) is 25.5 Å². The van der Waals surface area contributed by atoms with Crippen LogP contribution < -0.4 is 10.6 Å². The second-order valence-electron chi connectivity index (χ2n) is 5.09. The fourth-order valence-corrected chi connectivity index (χ4v) is 2.80. The van der Waals surface area contributed by atoms with Crippen molar-refractivity contribution in [1.82, 2.24) is 10.2 Å². The minimum atomic E-state index is -0.390. The SMILES string of the molecule is CN(CC(=O)Nc1ccc(Cl)c(Cl)c1)C(=O)CNC(=O)c1cccs1. The Morgan fingerprint density at radius 1 is 1.16 bits per heavy atom. The molecule has 1 heterocycles. The van der Waals surface area contributed by atoms with Crippen LogP contribution in [0.3, 0.4) is 0 Å². The van der Waals surface area contributed by atoms with Crippen LogP contribution in [0.15, 0.2) is 35.7 Å². The van der Waals surface area contributed by atoms with Crippen molar-refractivity contribution in [3.8, 4) is 0 Å². The second-order valence-corrected chi connectivity index (χ2v) is 6.85. The lowest BCUT2D eigenvalue weighted by Gasteiger charge is -2.17. The number of likely N-dealkylation sites (N-methyl/N-ethyl adjacent to an activating group) is 1. The van der Waals surface area contributed by atoms with Gasteiger partial charge in [-0.05, 0) is 29.6 Å². The Kier molecular flexibility index (Phi) is 6.81. The number of carbonyl (C=O) groups excluding carboxylic acids is 3. The zero-order chi connectivity index (χ0) is 18.4. The van der Waals surface area contributed by atoms with Crippen molar-refractivity contribution >= 4 is 57.9 Å². The molecule has 0 spiro atoms. The molecule has 1 aromatic heterocycles. The number of amides is 3. The van der Waals surface area contributed by atoms with Gasteiger partial charge < -0.3 is 15.5 Å². The van der Waals surface area contributed by atoms with Crippen LogP contribution in [-0.4, -0.2) is 42.8 Å². The summed E-state index contributed by atoms with van der Waals surface area (Å²) in [7, 11) is 1.48. The topological polar surface area (TPSA) is 78.5 Å². The lowest BCUT2D eigenvalue weighted by molar-refractivity contribution is -0.132. The van der Waals surface area contributed by atoms with Gasteiger partial charge in [0.15, 0.2) is 0 Å². The molecule has 0 atom stereocenters. The molecule has 132 valence electrons. The minimum Gasteiger partial charge on any atom is -0.342 e. The molecule has 2 rings (SSSR count). The van der Waals surface area contributed by atoms with Crippen LogP contribution in [0.5, 0.6) is 0 Å². The van der Waals surface area contributed by atoms with Crippen molar-refractivity contribution in [3.63, 3.8) is 0 Å². The summed E-state index contributed by atoms with van der Waals surface area (Å²) >= 11 is 13.0. The summed E-state index contributed by atoms with van der Waals surface area (Å²) in [6.07, 6.45) is 0. The van der Waals surface area contributed by atoms with Crippen molar-refractivity contribution in [3.05, 3.63) is 50.6 Å². The largest absolute Gasteiger partial charge is 0.342 e. The number of nitrogens with zero attached hydrogens (tertiary/aromatic N) is 1. The standard InChI is InChI=1S/C16H15Cl2N3O3S/c1-21(15(23)8-19-16(24)13-3-2-6-25-13)9-14(22)20-10-4-5-11(17)12(18)7-10/h2-7H,8-9H2,1H3,(H,19,24)(H,20,22). The molecule has 0 unspecified atom stereocenters. The van der Waals surface area contributed by atoms with E-state index >= 15 is 0 Å². The maximum atomic E-state index is 12.0. The Labute approximate surface area is 158 Å². The van der Waals surface area contributed by atoms with Crippen LogP contribution in [0.1, 0.15) is 9.67 Å². The molecule has 0 aliphatic heterocycles. The van der Waals surface area contributed by atoms with Gasteiger partial charge in [-0.15, -0.1) is 11.3 Å². The molecule has 0 aliphatic carbocycles. The minimum absolute atomic E-state index is 0.159. The highest BCUT2D eigenvalue weighted by atomic mass is 35.5. The number of halogens is 2. The molecular formula is C16H15Cl2N3O3S. The lowest BCUT2D eigenvalue weighted by atomic mass is 10.3. The highest BCUT2D eigenvalue weighted by molar-refractivity contribution is 7.12. The Hall–Kier alpha value is -2.09. The van der Waals surface area contributed by atoms with Gasteiger partial charge in [0.05, 0.1) is 28.0 Å². The second kappa shape index (κ2) is 8.84. The highest BCUT2D eigenvalue weighted by Gasteiger charge is 2.15. The average molecular weight is 400 g/mol. The van der Waals surface area contributed by atoms with E-state index in [0.717, 1.165) is 0 Å². The van der Waals surface area contributed by atoms with Crippen LogP contribution in [0.25, 0.3) is 0 Å². The first-order chi connectivity index (χ1) is 11.9. The fourth-order valence-electron chi connectivity index (χ4n) is 1.86. The van der Waals surface area contributed by atoms with Crippen molar-refractivity contribution < 1.29 is 14.4 Å². The van der Waals surface area contributed by atoms with Gasteiger partial charge >= 0.3 is 0 Å². The molecule has 0 saturated heterocycles. The molecule has 2 aromatic rings. The molecule has 0 radical (unpaired) electrons. The van der Waals surface area contributed by atoms with E-state index in [4.69, 9.17) is 23.2 Å². The summed E-state index contributed by atoms with van der Waals surface area (Å²) in [6, 6.07) is 8.11. The first-order valence-electron chi connectivity index (χ1n) is 7.17. The van der Waals surface area contributed by atoms with Crippen molar-refractivity contribution in [2.24, 2.45) is 0 Å². The Morgan fingerprint density at radius 2 is 1.92 bits per heavy atom. The maximum Gasteiger partial charge on any atom is 0.261 e. The normalized spacial score (nSPS) is 10.2. The molecule has 1 aromatic carbocycles. The summed E-state index contributed by atoms with van der Waals surface area (Å²) in [4.78, 5) is 37.5. The molecule has 6 nitrogen and oxygen atoms in total. The predicted octanol–water partition coefficient (Wildman–Crippen LogP) is 2.88. The quantitative estimate of drug-likeness (QED) is 0.783. The van der Waals surface area contributed by atoms with E-state index in [1.54, 1.807) is 29.6 Å². The van der Waals surface area contributed by atoms with Crippen LogP contribution in [0, 0.1) is 0 Å². The average Bonchev–Trinajstić information content (AvgIpc) is 3.10. The van der Waals surface area contributed by atoms with E-state index in [1.807, 2.05) is 0 Å². The third-order valence-electron chi connectivity index (χ3n) is 3.16. The predicted molar refractivity (Wildman–Crippen MR) is 99.4 cm³/mol. The van der Waals surface area contributed by atoms with Gasteiger partial charge in [-0.3, -0.25) is 14.4 Å². The van der Waals surface area contributed by atoms with E-state index < -0.39 is 0 Å².